The number of hydrogen-bond acceptors (Lipinski definition) is 19. The van der Waals surface area contributed by atoms with Crippen molar-refractivity contribution in [2.24, 2.45) is 0 Å². The normalized spacial score (nSPS) is 27.0. The van der Waals surface area contributed by atoms with Gasteiger partial charge in [0.15, 0.2) is 49.4 Å². The molecule has 4 aromatic heterocycles. The van der Waals surface area contributed by atoms with Crippen molar-refractivity contribution in [3.63, 3.8) is 0 Å². The van der Waals surface area contributed by atoms with Gasteiger partial charge in [0.25, 0.3) is 5.56 Å². The van der Waals surface area contributed by atoms with Gasteiger partial charge in [0.05, 0.1) is 75.4 Å². The van der Waals surface area contributed by atoms with E-state index >= 15 is 0 Å². The van der Waals surface area contributed by atoms with Gasteiger partial charge in [-0.2, -0.15) is 10.4 Å². The number of fused-ring (bicyclic) bond motifs is 4. The number of carbonyl (C=O) groups excluding carboxylic acids is 1. The molecular formula is C38H46N9O13P2SSi+. The lowest BCUT2D eigenvalue weighted by molar-refractivity contribution is -0.183. The molecule has 0 aliphatic carbocycles. The van der Waals surface area contributed by atoms with Crippen LogP contribution in [0.15, 0.2) is 60.3 Å². The van der Waals surface area contributed by atoms with Gasteiger partial charge in [0.1, 0.15) is 36.3 Å². The molecule has 0 amide bonds. The number of ether oxygens (including phenoxy) is 3. The van der Waals surface area contributed by atoms with Crippen molar-refractivity contribution in [2.45, 2.75) is 100 Å². The SMILES string of the molecule is CC(C)(C)[Si](C)(C)O[C@H]1[C@@H](OP(=S)(OCCC#N)OC[C@@]23CO[C@@H]([C@H](n4cnc5c(CC(=O)c6ccccc6)ncnc54)O2)[C@@H]3O[P+](=O)O)[C@H](n2cnc3c(=O)[nH]ncc32)O[C@@H]1CO. The Morgan fingerprint density at radius 2 is 1.86 bits per heavy atom. The first-order chi connectivity index (χ1) is 30.5. The number of Topliss-reactive ketones (excluding diaryl/α,β-unsaturated/α-hetero) is 1. The highest BCUT2D eigenvalue weighted by Crippen LogP contribution is 2.58. The summed E-state index contributed by atoms with van der Waals surface area (Å²) in [6.07, 6.45) is -2.16. The molecule has 3 saturated heterocycles. The molecule has 2 unspecified atom stereocenters. The summed E-state index contributed by atoms with van der Waals surface area (Å²) in [5.41, 5.74) is -0.285. The third-order valence-electron chi connectivity index (χ3n) is 11.9. The van der Waals surface area contributed by atoms with Crippen LogP contribution in [0, 0.1) is 11.3 Å². The number of rotatable bonds is 18. The number of nitrogens with zero attached hydrogens (tertiary/aromatic N) is 8. The molecule has 8 rings (SSSR count). The summed E-state index contributed by atoms with van der Waals surface area (Å²) < 4.78 is 66.6. The monoisotopic (exact) mass is 958 g/mol. The van der Waals surface area contributed by atoms with Gasteiger partial charge in [-0.1, -0.05) is 51.1 Å². The number of benzene rings is 1. The maximum absolute atomic E-state index is 13.1. The van der Waals surface area contributed by atoms with E-state index in [0.717, 1.165) is 0 Å². The Hall–Kier alpha value is -4.15. The van der Waals surface area contributed by atoms with Gasteiger partial charge in [0.2, 0.25) is 0 Å². The quantitative estimate of drug-likeness (QED) is 0.0486. The van der Waals surface area contributed by atoms with Crippen LogP contribution in [0.5, 0.6) is 0 Å². The zero-order valence-electron chi connectivity index (χ0n) is 35.2. The van der Waals surface area contributed by atoms with Crippen molar-refractivity contribution in [2.75, 3.05) is 26.4 Å². The highest BCUT2D eigenvalue weighted by Gasteiger charge is 2.67. The molecule has 3 aliphatic heterocycles. The summed E-state index contributed by atoms with van der Waals surface area (Å²) in [6, 6.07) is 10.8. The molecule has 64 heavy (non-hydrogen) atoms. The first-order valence-electron chi connectivity index (χ1n) is 20.1. The van der Waals surface area contributed by atoms with Gasteiger partial charge in [-0.3, -0.25) is 23.2 Å². The Balaban J connectivity index is 1.12. The number of nitrogens with one attached hydrogen (secondary N) is 1. The Bertz CT molecular complexity index is 2700. The summed E-state index contributed by atoms with van der Waals surface area (Å²) >= 11 is 6.10. The van der Waals surface area contributed by atoms with Gasteiger partial charge < -0.3 is 32.8 Å². The zero-order chi connectivity index (χ0) is 45.6. The van der Waals surface area contributed by atoms with E-state index in [1.54, 1.807) is 28.8 Å². The van der Waals surface area contributed by atoms with Crippen molar-refractivity contribution >= 4 is 63.1 Å². The Labute approximate surface area is 372 Å². The van der Waals surface area contributed by atoms with Crippen LogP contribution < -0.4 is 5.56 Å². The third kappa shape index (κ3) is 8.91. The van der Waals surface area contributed by atoms with Crippen LogP contribution in [0.25, 0.3) is 22.2 Å². The number of hydrogen-bond donors (Lipinski definition) is 3. The molecule has 340 valence electrons. The van der Waals surface area contributed by atoms with E-state index in [-0.39, 0.29) is 47.9 Å². The molecule has 0 spiro atoms. The summed E-state index contributed by atoms with van der Waals surface area (Å²) in [5, 5.41) is 26.2. The minimum atomic E-state index is -4.06. The number of aliphatic hydroxyl groups is 1. The van der Waals surface area contributed by atoms with Crippen LogP contribution in [-0.4, -0.2) is 126 Å². The zero-order valence-corrected chi connectivity index (χ0v) is 38.9. The van der Waals surface area contributed by atoms with Crippen LogP contribution in [-0.2, 0) is 59.5 Å². The molecule has 1 aromatic carbocycles. The minimum absolute atomic E-state index is 0.0591. The molecule has 7 heterocycles. The van der Waals surface area contributed by atoms with E-state index in [9.17, 15) is 29.4 Å². The Kier molecular flexibility index (Phi) is 13.2. The number of aromatic nitrogens is 8. The molecule has 0 saturated carbocycles. The largest absolute Gasteiger partial charge is 0.695 e. The van der Waals surface area contributed by atoms with Crippen LogP contribution in [0.1, 0.15) is 55.7 Å². The number of H-pyrrole nitrogens is 1. The highest BCUT2D eigenvalue weighted by molar-refractivity contribution is 8.07. The second-order valence-electron chi connectivity index (χ2n) is 16.9. The fraction of sp³-hybridized carbons (Fsp3) is 0.526. The maximum atomic E-state index is 13.1. The van der Waals surface area contributed by atoms with Gasteiger partial charge in [0, 0.05) is 10.1 Å². The summed E-state index contributed by atoms with van der Waals surface area (Å²) in [5.74, 6) is -0.174. The fourth-order valence-electron chi connectivity index (χ4n) is 7.64. The lowest BCUT2D eigenvalue weighted by Gasteiger charge is -2.41. The molecule has 0 radical (unpaired) electrons. The Morgan fingerprint density at radius 3 is 2.58 bits per heavy atom. The lowest BCUT2D eigenvalue weighted by atomic mass is 10.0. The van der Waals surface area contributed by atoms with Crippen LogP contribution >= 0.6 is 15.0 Å². The number of imidazole rings is 2. The number of ketones is 1. The van der Waals surface area contributed by atoms with Gasteiger partial charge >= 0.3 is 15.0 Å². The smallest absolute Gasteiger partial charge is 0.408 e. The first-order valence-corrected chi connectivity index (χ1v) is 26.7. The molecule has 22 nitrogen and oxygen atoms in total. The van der Waals surface area contributed by atoms with Crippen LogP contribution in [0.3, 0.4) is 0 Å². The summed E-state index contributed by atoms with van der Waals surface area (Å²) in [4.78, 5) is 53.5. The molecule has 3 N–H and O–H groups in total. The van der Waals surface area contributed by atoms with Gasteiger partial charge in [-0.25, -0.2) is 25.0 Å². The van der Waals surface area contributed by atoms with Gasteiger partial charge in [-0.15, -0.1) is 9.42 Å². The maximum Gasteiger partial charge on any atom is 0.695 e. The highest BCUT2D eigenvalue weighted by atomic mass is 32.5. The van der Waals surface area contributed by atoms with Crippen molar-refractivity contribution in [1.29, 1.82) is 5.26 Å². The molecule has 3 aliphatic rings. The molecule has 5 aromatic rings. The van der Waals surface area contributed by atoms with E-state index < -0.39 is 90.6 Å². The van der Waals surface area contributed by atoms with E-state index in [1.807, 2.05) is 46.0 Å². The van der Waals surface area contributed by atoms with E-state index in [0.29, 0.717) is 22.4 Å². The predicted molar refractivity (Wildman–Crippen MR) is 230 cm³/mol. The molecule has 3 fully saturated rings. The number of carbonyl (C=O) groups is 1. The van der Waals surface area contributed by atoms with Crippen molar-refractivity contribution in [3.8, 4) is 6.07 Å². The number of nitriles is 1. The first kappa shape index (κ1) is 46.4. The van der Waals surface area contributed by atoms with E-state index in [2.05, 4.69) is 30.1 Å². The number of aliphatic hydroxyl groups excluding tert-OH is 1. The van der Waals surface area contributed by atoms with Crippen LogP contribution in [0.4, 0.5) is 0 Å². The molecule has 26 heteroatoms. The summed E-state index contributed by atoms with van der Waals surface area (Å²) in [7, 11) is -5.87. The third-order valence-corrected chi connectivity index (χ3v) is 19.1. The van der Waals surface area contributed by atoms with E-state index in [4.69, 9.17) is 48.5 Å². The van der Waals surface area contributed by atoms with Crippen molar-refractivity contribution < 1.29 is 56.1 Å². The van der Waals surface area contributed by atoms with Crippen molar-refractivity contribution in [1.82, 2.24) is 39.3 Å². The fourth-order valence-corrected chi connectivity index (χ4v) is 11.6. The Morgan fingerprint density at radius 1 is 1.11 bits per heavy atom. The van der Waals surface area contributed by atoms with Gasteiger partial charge in [-0.05, 0) is 29.9 Å². The van der Waals surface area contributed by atoms with Crippen LogP contribution in [0.2, 0.25) is 18.1 Å². The molecule has 2 bridgehead atoms. The van der Waals surface area contributed by atoms with Crippen molar-refractivity contribution in [3.05, 3.63) is 77.1 Å². The second-order valence-corrected chi connectivity index (χ2v) is 25.3. The lowest BCUT2D eigenvalue weighted by Crippen LogP contribution is -2.50. The molecule has 10 atom stereocenters. The predicted octanol–water partition coefficient (Wildman–Crippen LogP) is 3.92. The minimum Gasteiger partial charge on any atom is -0.408 e. The molecular weight excluding hydrogens is 913 g/mol. The average molecular weight is 959 g/mol. The number of aromatic amines is 1. The standard InChI is InChI=1S/C38H45N9O13P2SSi/c1-37(2,3)64(4,5)60-29-26(16-48)56-35(46-20-43-28-24(46)15-44-45-34(28)50)30(29)59-62(63,54-13-9-12-39)55-18-38-17-53-31(32(38)58-61(51)52)36(57-38)47-21-42-27-23(40-19-41-33(27)47)14-25(49)22-10-7-6-8-11-22/h6-8,10-11,15,19-21,26,29-32,35-36,48H,9,13-14,16-18H2,1-5H3,(H-,45,50,51,52)/p+1/t26-,29-,30-,31-,32+,35-,36-,38-,62?/m1/s1. The summed E-state index contributed by atoms with van der Waals surface area (Å²) in [6.45, 7) is 4.75. The van der Waals surface area contributed by atoms with E-state index in [1.165, 1.54) is 29.7 Å². The topological polar surface area (TPSA) is 279 Å². The second kappa shape index (κ2) is 18.3. The average Bonchev–Trinajstić information content (AvgIpc) is 4.08.